The average molecular weight is 242 g/mol. The number of halogens is 1. The molecule has 70 valence electrons. The normalized spacial score (nSPS) is 9.29. The van der Waals surface area contributed by atoms with E-state index in [2.05, 4.69) is 0 Å². The topological polar surface area (TPSA) is 63.2 Å². The van der Waals surface area contributed by atoms with Crippen LogP contribution in [0.5, 0.6) is 0 Å². The van der Waals surface area contributed by atoms with Gasteiger partial charge in [-0.25, -0.2) is 0 Å². The Hall–Kier alpha value is -0.0700. The van der Waals surface area contributed by atoms with Gasteiger partial charge >= 0.3 is 29.6 Å². The zero-order chi connectivity index (χ0) is 9.84. The first-order valence-corrected chi connectivity index (χ1v) is 4.70. The van der Waals surface area contributed by atoms with Gasteiger partial charge in [0.1, 0.15) is 0 Å². The number of rotatable bonds is 2. The zero-order valence-electron chi connectivity index (χ0n) is 7.32. The molecular weight excluding hydrogens is 237 g/mol. The van der Waals surface area contributed by atoms with Crippen LogP contribution in [0.15, 0.2) is 29.2 Å². The average Bonchev–Trinajstić information content (AvgIpc) is 2.17. The molecule has 1 rings (SSSR count). The number of nitrogens with one attached hydrogen (secondary N) is 1. The van der Waals surface area contributed by atoms with Gasteiger partial charge in [-0.05, 0) is 10.7 Å². The summed E-state index contributed by atoms with van der Waals surface area (Å²) in [5, 5.41) is 0. The summed E-state index contributed by atoms with van der Waals surface area (Å²) in [6.07, 6.45) is 0. The number of amides is 1. The summed E-state index contributed by atoms with van der Waals surface area (Å²) in [5.41, 5.74) is 0.309. The van der Waals surface area contributed by atoms with E-state index in [9.17, 15) is 13.2 Å². The number of hydrogen-bond donors (Lipinski definition) is 1. The Morgan fingerprint density at radius 2 is 1.71 bits per heavy atom. The maximum absolute atomic E-state index is 10.9. The van der Waals surface area contributed by atoms with Crippen molar-refractivity contribution < 1.29 is 42.8 Å². The van der Waals surface area contributed by atoms with Gasteiger partial charge in [0.25, 0.3) is 5.91 Å². The van der Waals surface area contributed by atoms with E-state index < -0.39 is 16.6 Å². The molecule has 0 bridgehead atoms. The van der Waals surface area contributed by atoms with Crippen LogP contribution in [0, 0.1) is 0 Å². The minimum absolute atomic E-state index is 0. The van der Waals surface area contributed by atoms with Gasteiger partial charge in [-0.1, -0.05) is 29.2 Å². The second-order valence-electron chi connectivity index (χ2n) is 2.18. The Kier molecular flexibility index (Phi) is 6.39. The standard InChI is InChI=1S/C7H5ClNO3S.Na/c8-9-7(10)5-1-3-6(4-2-5)13(11)12;/h1-4H,(H,9,10);/q-1;+1. The van der Waals surface area contributed by atoms with E-state index in [1.165, 1.54) is 24.3 Å². The third-order valence-electron chi connectivity index (χ3n) is 1.39. The van der Waals surface area contributed by atoms with Gasteiger partial charge < -0.3 is 8.42 Å². The summed E-state index contributed by atoms with van der Waals surface area (Å²) < 4.78 is 20.9. The first-order chi connectivity index (χ1) is 6.15. The Bertz CT molecular complexity index is 382. The summed E-state index contributed by atoms with van der Waals surface area (Å²) in [6.45, 7) is 0. The first-order valence-electron chi connectivity index (χ1n) is 3.25. The number of carbonyl (C=O) groups excluding carboxylic acids is 1. The van der Waals surface area contributed by atoms with Crippen LogP contribution >= 0.6 is 11.8 Å². The molecule has 0 aromatic heterocycles. The van der Waals surface area contributed by atoms with Crippen LogP contribution in [0.1, 0.15) is 10.4 Å². The third-order valence-corrected chi connectivity index (χ3v) is 2.22. The number of hydrogen-bond acceptors (Lipinski definition) is 4. The van der Waals surface area contributed by atoms with Gasteiger partial charge in [-0.2, -0.15) is 0 Å². The molecule has 0 aliphatic heterocycles. The van der Waals surface area contributed by atoms with Crippen molar-refractivity contribution in [2.75, 3.05) is 0 Å². The van der Waals surface area contributed by atoms with Crippen LogP contribution in [0.25, 0.3) is 0 Å². The Morgan fingerprint density at radius 1 is 1.21 bits per heavy atom. The minimum Gasteiger partial charge on any atom is -0.420 e. The van der Waals surface area contributed by atoms with Crippen LogP contribution in [0.2, 0.25) is 0 Å². The molecule has 1 amide bonds. The molecule has 7 heteroatoms. The SMILES string of the molecule is O=C(NCl)c1ccc([S-](=O)=O)cc1.[Na+]. The Morgan fingerprint density at radius 3 is 2.07 bits per heavy atom. The fourth-order valence-corrected chi connectivity index (χ4v) is 1.24. The van der Waals surface area contributed by atoms with E-state index in [1.54, 1.807) is 0 Å². The van der Waals surface area contributed by atoms with Crippen LogP contribution in [0.3, 0.4) is 0 Å². The maximum atomic E-state index is 10.9. The molecule has 1 aromatic carbocycles. The third kappa shape index (κ3) is 3.59. The molecular formula is C7H5ClNNaO3S. The summed E-state index contributed by atoms with van der Waals surface area (Å²) in [4.78, 5) is 12.9. The van der Waals surface area contributed by atoms with Crippen molar-refractivity contribution in [3.05, 3.63) is 29.8 Å². The molecule has 0 saturated carbocycles. The number of benzene rings is 1. The van der Waals surface area contributed by atoms with Crippen LogP contribution in [0.4, 0.5) is 0 Å². The monoisotopic (exact) mass is 241 g/mol. The molecule has 0 fully saturated rings. The van der Waals surface area contributed by atoms with Crippen molar-refractivity contribution in [3.63, 3.8) is 0 Å². The largest absolute Gasteiger partial charge is 1.00 e. The number of carbonyl (C=O) groups is 1. The van der Waals surface area contributed by atoms with Crippen molar-refractivity contribution in [1.29, 1.82) is 0 Å². The van der Waals surface area contributed by atoms with Gasteiger partial charge in [-0.15, -0.1) is 0 Å². The second-order valence-corrected chi connectivity index (χ2v) is 3.31. The van der Waals surface area contributed by atoms with E-state index in [-0.39, 0.29) is 34.5 Å². The van der Waals surface area contributed by atoms with E-state index in [0.29, 0.717) is 5.56 Å². The maximum Gasteiger partial charge on any atom is 1.00 e. The summed E-state index contributed by atoms with van der Waals surface area (Å²) in [5.74, 6) is -0.468. The smallest absolute Gasteiger partial charge is 0.420 e. The molecule has 0 radical (unpaired) electrons. The molecule has 1 aromatic rings. The van der Waals surface area contributed by atoms with Crippen molar-refractivity contribution in [2.45, 2.75) is 4.90 Å². The molecule has 4 nitrogen and oxygen atoms in total. The van der Waals surface area contributed by atoms with Gasteiger partial charge in [-0.3, -0.25) is 9.63 Å². The molecule has 0 aliphatic carbocycles. The van der Waals surface area contributed by atoms with Crippen LogP contribution in [-0.2, 0) is 19.1 Å². The Labute approximate surface area is 110 Å². The van der Waals surface area contributed by atoms with Gasteiger partial charge in [0.2, 0.25) is 0 Å². The molecule has 0 spiro atoms. The van der Waals surface area contributed by atoms with Crippen LogP contribution < -0.4 is 34.4 Å². The zero-order valence-corrected chi connectivity index (χ0v) is 10.9. The van der Waals surface area contributed by atoms with Crippen LogP contribution in [-0.4, -0.2) is 5.91 Å². The predicted octanol–water partition coefficient (Wildman–Crippen LogP) is -1.76. The quantitative estimate of drug-likeness (QED) is 0.379. The van der Waals surface area contributed by atoms with E-state index in [0.717, 1.165) is 0 Å². The predicted molar refractivity (Wildman–Crippen MR) is 46.8 cm³/mol. The van der Waals surface area contributed by atoms with E-state index in [4.69, 9.17) is 11.8 Å². The van der Waals surface area contributed by atoms with Crippen molar-refractivity contribution in [1.82, 2.24) is 4.84 Å². The van der Waals surface area contributed by atoms with Crippen molar-refractivity contribution in [3.8, 4) is 0 Å². The molecule has 0 unspecified atom stereocenters. The van der Waals surface area contributed by atoms with E-state index >= 15 is 0 Å². The fraction of sp³-hybridized carbons (Fsp3) is 0. The van der Waals surface area contributed by atoms with Gasteiger partial charge in [0, 0.05) is 17.3 Å². The summed E-state index contributed by atoms with van der Waals surface area (Å²) in [6, 6.07) is 5.40. The molecule has 0 aliphatic rings. The van der Waals surface area contributed by atoms with Crippen molar-refractivity contribution in [2.24, 2.45) is 0 Å². The fourth-order valence-electron chi connectivity index (χ4n) is 0.772. The van der Waals surface area contributed by atoms with Gasteiger partial charge in [0.15, 0.2) is 0 Å². The molecule has 1 N–H and O–H groups in total. The minimum atomic E-state index is -2.27. The molecule has 14 heavy (non-hydrogen) atoms. The first kappa shape index (κ1) is 13.9. The van der Waals surface area contributed by atoms with Gasteiger partial charge in [0.05, 0.1) is 0 Å². The van der Waals surface area contributed by atoms with E-state index in [1.807, 2.05) is 4.84 Å². The molecule has 0 saturated heterocycles. The second kappa shape index (κ2) is 6.42. The molecule has 0 atom stereocenters. The van der Waals surface area contributed by atoms with Crippen molar-refractivity contribution >= 4 is 28.4 Å². The molecule has 0 heterocycles. The summed E-state index contributed by atoms with van der Waals surface area (Å²) >= 11 is 5.07. The summed E-state index contributed by atoms with van der Waals surface area (Å²) in [7, 11) is -2.27. The Balaban J connectivity index is 0.00000169.